The van der Waals surface area contributed by atoms with E-state index in [1.807, 2.05) is 0 Å². The minimum atomic E-state index is -0.517. The SMILES string of the molecule is O=C(COc1ccc([N+](=O)[O-])cc1)NNC(=O)CC1CCCC1. The Bertz CT molecular complexity index is 567. The first-order chi connectivity index (χ1) is 11.0. The quantitative estimate of drug-likeness (QED) is 0.612. The lowest BCUT2D eigenvalue weighted by molar-refractivity contribution is -0.384. The smallest absolute Gasteiger partial charge is 0.276 e. The average Bonchev–Trinajstić information content (AvgIpc) is 3.04. The number of nitro benzene ring substituents is 1. The molecule has 1 aromatic carbocycles. The molecule has 1 aromatic rings. The van der Waals surface area contributed by atoms with Gasteiger partial charge in [0, 0.05) is 18.6 Å². The van der Waals surface area contributed by atoms with Gasteiger partial charge in [-0.05, 0) is 30.9 Å². The van der Waals surface area contributed by atoms with Crippen molar-refractivity contribution in [3.05, 3.63) is 34.4 Å². The number of ether oxygens (including phenoxy) is 1. The molecule has 2 amide bonds. The Hall–Kier alpha value is -2.64. The van der Waals surface area contributed by atoms with Crippen LogP contribution in [0.4, 0.5) is 5.69 Å². The van der Waals surface area contributed by atoms with Crippen LogP contribution in [0.3, 0.4) is 0 Å². The average molecular weight is 321 g/mol. The maximum atomic E-state index is 11.6. The number of hydrogen-bond donors (Lipinski definition) is 2. The molecule has 8 nitrogen and oxygen atoms in total. The molecule has 0 heterocycles. The van der Waals surface area contributed by atoms with Crippen molar-refractivity contribution < 1.29 is 19.2 Å². The van der Waals surface area contributed by atoms with E-state index in [4.69, 9.17) is 4.74 Å². The first-order valence-corrected chi connectivity index (χ1v) is 7.49. The topological polar surface area (TPSA) is 111 Å². The predicted molar refractivity (Wildman–Crippen MR) is 81.5 cm³/mol. The number of non-ortho nitro benzene ring substituents is 1. The van der Waals surface area contributed by atoms with E-state index >= 15 is 0 Å². The van der Waals surface area contributed by atoms with Crippen LogP contribution in [-0.4, -0.2) is 23.3 Å². The fraction of sp³-hybridized carbons (Fsp3) is 0.467. The molecule has 124 valence electrons. The predicted octanol–water partition coefficient (Wildman–Crippen LogP) is 1.70. The number of amides is 2. The fourth-order valence-electron chi connectivity index (χ4n) is 2.52. The Morgan fingerprint density at radius 2 is 1.74 bits per heavy atom. The van der Waals surface area contributed by atoms with Gasteiger partial charge in [-0.15, -0.1) is 0 Å². The molecule has 1 fully saturated rings. The van der Waals surface area contributed by atoms with Gasteiger partial charge in [0.2, 0.25) is 5.91 Å². The Morgan fingerprint density at radius 1 is 1.13 bits per heavy atom. The van der Waals surface area contributed by atoms with E-state index in [1.54, 1.807) is 0 Å². The van der Waals surface area contributed by atoms with Gasteiger partial charge in [-0.2, -0.15) is 0 Å². The molecule has 0 atom stereocenters. The molecule has 0 bridgehead atoms. The second-order valence-corrected chi connectivity index (χ2v) is 5.49. The molecule has 0 aliphatic heterocycles. The van der Waals surface area contributed by atoms with Crippen molar-refractivity contribution in [1.82, 2.24) is 10.9 Å². The molecule has 1 saturated carbocycles. The highest BCUT2D eigenvalue weighted by atomic mass is 16.6. The number of nitro groups is 1. The molecule has 1 aliphatic rings. The summed E-state index contributed by atoms with van der Waals surface area (Å²) in [6.07, 6.45) is 4.86. The van der Waals surface area contributed by atoms with Crippen LogP contribution in [0.5, 0.6) is 5.75 Å². The van der Waals surface area contributed by atoms with E-state index in [9.17, 15) is 19.7 Å². The lowest BCUT2D eigenvalue weighted by atomic mass is 10.0. The Kier molecular flexibility index (Phi) is 5.90. The lowest BCUT2D eigenvalue weighted by Gasteiger charge is -2.11. The summed E-state index contributed by atoms with van der Waals surface area (Å²) >= 11 is 0. The van der Waals surface area contributed by atoms with Crippen LogP contribution in [0.2, 0.25) is 0 Å². The number of nitrogens with zero attached hydrogens (tertiary/aromatic N) is 1. The highest BCUT2D eigenvalue weighted by Crippen LogP contribution is 2.27. The molecule has 23 heavy (non-hydrogen) atoms. The summed E-state index contributed by atoms with van der Waals surface area (Å²) in [6.45, 7) is -0.290. The molecule has 2 N–H and O–H groups in total. The molecular weight excluding hydrogens is 302 g/mol. The Balaban J connectivity index is 1.66. The van der Waals surface area contributed by atoms with Gasteiger partial charge in [0.15, 0.2) is 6.61 Å². The second kappa shape index (κ2) is 8.11. The third-order valence-electron chi connectivity index (χ3n) is 3.71. The number of hydrogen-bond acceptors (Lipinski definition) is 5. The molecule has 2 rings (SSSR count). The molecule has 8 heteroatoms. The van der Waals surface area contributed by atoms with E-state index in [-0.39, 0.29) is 18.2 Å². The third kappa shape index (κ3) is 5.57. The van der Waals surface area contributed by atoms with Gasteiger partial charge >= 0.3 is 0 Å². The van der Waals surface area contributed by atoms with E-state index < -0.39 is 10.8 Å². The number of nitrogens with one attached hydrogen (secondary N) is 2. The number of benzene rings is 1. The van der Waals surface area contributed by atoms with Crippen molar-refractivity contribution in [2.75, 3.05) is 6.61 Å². The largest absolute Gasteiger partial charge is 0.484 e. The minimum absolute atomic E-state index is 0.0547. The molecule has 0 radical (unpaired) electrons. The Morgan fingerprint density at radius 3 is 2.35 bits per heavy atom. The van der Waals surface area contributed by atoms with Gasteiger partial charge in [-0.3, -0.25) is 30.6 Å². The molecule has 0 aromatic heterocycles. The molecular formula is C15H19N3O5. The maximum Gasteiger partial charge on any atom is 0.276 e. The highest BCUT2D eigenvalue weighted by molar-refractivity contribution is 5.82. The molecule has 1 aliphatic carbocycles. The number of carbonyl (C=O) groups excluding carboxylic acids is 2. The van der Waals surface area contributed by atoms with E-state index in [0.717, 1.165) is 25.7 Å². The second-order valence-electron chi connectivity index (χ2n) is 5.49. The van der Waals surface area contributed by atoms with Gasteiger partial charge in [-0.25, -0.2) is 0 Å². The standard InChI is InChI=1S/C15H19N3O5/c19-14(9-11-3-1-2-4-11)16-17-15(20)10-23-13-7-5-12(6-8-13)18(21)22/h5-8,11H,1-4,9-10H2,(H,16,19)(H,17,20). The highest BCUT2D eigenvalue weighted by Gasteiger charge is 2.18. The summed E-state index contributed by atoms with van der Waals surface area (Å²) in [7, 11) is 0. The van der Waals surface area contributed by atoms with Crippen molar-refractivity contribution in [3.8, 4) is 5.75 Å². The van der Waals surface area contributed by atoms with Crippen LogP contribution in [0.15, 0.2) is 24.3 Å². The normalized spacial score (nSPS) is 14.3. The van der Waals surface area contributed by atoms with Gasteiger partial charge in [0.25, 0.3) is 11.6 Å². The number of hydrazine groups is 1. The van der Waals surface area contributed by atoms with Crippen molar-refractivity contribution >= 4 is 17.5 Å². The van der Waals surface area contributed by atoms with E-state index in [1.165, 1.54) is 24.3 Å². The molecule has 0 spiro atoms. The van der Waals surface area contributed by atoms with Gasteiger partial charge < -0.3 is 4.74 Å². The van der Waals surface area contributed by atoms with Gasteiger partial charge in [0.1, 0.15) is 5.75 Å². The first kappa shape index (κ1) is 16.7. The van der Waals surface area contributed by atoms with Gasteiger partial charge in [-0.1, -0.05) is 12.8 Å². The van der Waals surface area contributed by atoms with Crippen molar-refractivity contribution in [2.24, 2.45) is 5.92 Å². The van der Waals surface area contributed by atoms with Crippen LogP contribution >= 0.6 is 0 Å². The van der Waals surface area contributed by atoms with Crippen LogP contribution in [0.25, 0.3) is 0 Å². The van der Waals surface area contributed by atoms with E-state index in [0.29, 0.717) is 18.1 Å². The van der Waals surface area contributed by atoms with Crippen LogP contribution in [-0.2, 0) is 9.59 Å². The Labute approximate surface area is 133 Å². The summed E-state index contributed by atoms with van der Waals surface area (Å²) in [6, 6.07) is 5.39. The summed E-state index contributed by atoms with van der Waals surface area (Å²) in [4.78, 5) is 33.2. The first-order valence-electron chi connectivity index (χ1n) is 7.49. The zero-order valence-corrected chi connectivity index (χ0v) is 12.6. The van der Waals surface area contributed by atoms with E-state index in [2.05, 4.69) is 10.9 Å². The fourth-order valence-corrected chi connectivity index (χ4v) is 2.52. The van der Waals surface area contributed by atoms with Crippen LogP contribution in [0.1, 0.15) is 32.1 Å². The maximum absolute atomic E-state index is 11.6. The molecule has 0 saturated heterocycles. The lowest BCUT2D eigenvalue weighted by Crippen LogP contribution is -2.44. The van der Waals surface area contributed by atoms with Crippen molar-refractivity contribution in [2.45, 2.75) is 32.1 Å². The zero-order chi connectivity index (χ0) is 16.7. The summed E-state index contributed by atoms with van der Waals surface area (Å²) in [5.41, 5.74) is 4.59. The van der Waals surface area contributed by atoms with Crippen LogP contribution < -0.4 is 15.6 Å². The summed E-state index contributed by atoms with van der Waals surface area (Å²) < 4.78 is 5.18. The monoisotopic (exact) mass is 321 g/mol. The van der Waals surface area contributed by atoms with Crippen LogP contribution in [0, 0.1) is 16.0 Å². The van der Waals surface area contributed by atoms with Crippen molar-refractivity contribution in [3.63, 3.8) is 0 Å². The van der Waals surface area contributed by atoms with Crippen molar-refractivity contribution in [1.29, 1.82) is 0 Å². The zero-order valence-electron chi connectivity index (χ0n) is 12.6. The summed E-state index contributed by atoms with van der Waals surface area (Å²) in [5.74, 6) is 0.0370. The minimum Gasteiger partial charge on any atom is -0.484 e. The van der Waals surface area contributed by atoms with Gasteiger partial charge in [0.05, 0.1) is 4.92 Å². The number of rotatable bonds is 6. The third-order valence-corrected chi connectivity index (χ3v) is 3.71. The number of carbonyl (C=O) groups is 2. The molecule has 0 unspecified atom stereocenters. The summed E-state index contributed by atoms with van der Waals surface area (Å²) in [5, 5.41) is 10.5.